The van der Waals surface area contributed by atoms with E-state index in [-0.39, 0.29) is 18.3 Å². The third kappa shape index (κ3) is 4.49. The molecule has 112 valence electrons. The third-order valence-electron chi connectivity index (χ3n) is 2.75. The third-order valence-corrected chi connectivity index (χ3v) is 3.57. The lowest BCUT2D eigenvalue weighted by atomic mass is 10.1. The molecule has 0 aliphatic heterocycles. The molecule has 0 bridgehead atoms. The Hall–Kier alpha value is -2.02. The highest BCUT2D eigenvalue weighted by Gasteiger charge is 2.10. The van der Waals surface area contributed by atoms with E-state index in [0.29, 0.717) is 11.1 Å². The van der Waals surface area contributed by atoms with Crippen LogP contribution in [0.4, 0.5) is 0 Å². The van der Waals surface area contributed by atoms with E-state index in [0.717, 1.165) is 16.9 Å². The summed E-state index contributed by atoms with van der Waals surface area (Å²) in [4.78, 5) is 11.1. The van der Waals surface area contributed by atoms with E-state index in [2.05, 4.69) is 15.5 Å². The Labute approximate surface area is 127 Å². The van der Waals surface area contributed by atoms with Gasteiger partial charge in [0.05, 0.1) is 5.75 Å². The van der Waals surface area contributed by atoms with Crippen molar-refractivity contribution < 1.29 is 13.9 Å². The topological polar surface area (TPSA) is 77.2 Å². The smallest absolute Gasteiger partial charge is 0.277 e. The summed E-state index contributed by atoms with van der Waals surface area (Å²) in [5.41, 5.74) is 2.18. The van der Waals surface area contributed by atoms with Crippen molar-refractivity contribution in [2.75, 3.05) is 12.8 Å². The predicted molar refractivity (Wildman–Crippen MR) is 79.3 cm³/mol. The van der Waals surface area contributed by atoms with E-state index in [4.69, 9.17) is 9.15 Å². The molecule has 0 unspecified atom stereocenters. The molecular formula is C14H17N3O3S. The maximum atomic E-state index is 11.1. The van der Waals surface area contributed by atoms with Crippen molar-refractivity contribution in [3.05, 3.63) is 35.2 Å². The van der Waals surface area contributed by atoms with Crippen molar-refractivity contribution in [1.82, 2.24) is 15.5 Å². The molecule has 6 nitrogen and oxygen atoms in total. The van der Waals surface area contributed by atoms with Gasteiger partial charge in [0.2, 0.25) is 5.91 Å². The van der Waals surface area contributed by atoms with E-state index in [9.17, 15) is 4.79 Å². The highest BCUT2D eigenvalue weighted by atomic mass is 32.2. The van der Waals surface area contributed by atoms with Crippen LogP contribution in [-0.4, -0.2) is 28.9 Å². The highest BCUT2D eigenvalue weighted by molar-refractivity contribution is 7.99. The maximum Gasteiger partial charge on any atom is 0.277 e. The molecule has 2 aromatic rings. The van der Waals surface area contributed by atoms with Crippen LogP contribution in [0, 0.1) is 13.8 Å². The minimum atomic E-state index is -0.0913. The van der Waals surface area contributed by atoms with Crippen LogP contribution in [0.3, 0.4) is 0 Å². The summed E-state index contributed by atoms with van der Waals surface area (Å²) in [5, 5.41) is 10.6. The number of aromatic nitrogens is 2. The Morgan fingerprint density at radius 3 is 2.95 bits per heavy atom. The average Bonchev–Trinajstić information content (AvgIpc) is 2.93. The lowest BCUT2D eigenvalue weighted by molar-refractivity contribution is -0.118. The van der Waals surface area contributed by atoms with Crippen LogP contribution in [0.5, 0.6) is 5.75 Å². The summed E-state index contributed by atoms with van der Waals surface area (Å²) < 4.78 is 11.1. The van der Waals surface area contributed by atoms with Gasteiger partial charge in [0.15, 0.2) is 6.61 Å². The number of carbonyl (C=O) groups excluding carboxylic acids is 1. The monoisotopic (exact) mass is 307 g/mol. The van der Waals surface area contributed by atoms with Crippen LogP contribution in [0.2, 0.25) is 0 Å². The fourth-order valence-corrected chi connectivity index (χ4v) is 2.21. The molecule has 7 heteroatoms. The second-order valence-electron chi connectivity index (χ2n) is 4.48. The van der Waals surface area contributed by atoms with Crippen molar-refractivity contribution in [3.8, 4) is 5.75 Å². The van der Waals surface area contributed by atoms with Gasteiger partial charge >= 0.3 is 0 Å². The molecule has 1 N–H and O–H groups in total. The first-order valence-corrected chi connectivity index (χ1v) is 7.43. The van der Waals surface area contributed by atoms with Gasteiger partial charge in [-0.25, -0.2) is 0 Å². The molecule has 1 heterocycles. The van der Waals surface area contributed by atoms with E-state index >= 15 is 0 Å². The summed E-state index contributed by atoms with van der Waals surface area (Å²) in [6.45, 7) is 4.19. The number of hydrogen-bond donors (Lipinski definition) is 1. The molecule has 0 fully saturated rings. The zero-order valence-electron chi connectivity index (χ0n) is 12.2. The lowest BCUT2D eigenvalue weighted by Crippen LogP contribution is -2.19. The number of nitrogens with zero attached hydrogens (tertiary/aromatic N) is 2. The van der Waals surface area contributed by atoms with Gasteiger partial charge in [-0.3, -0.25) is 4.79 Å². The number of aryl methyl sites for hydroxylation is 2. The van der Waals surface area contributed by atoms with Crippen molar-refractivity contribution in [2.45, 2.75) is 25.7 Å². The molecule has 21 heavy (non-hydrogen) atoms. The molecule has 0 aliphatic rings. The molecule has 1 aromatic carbocycles. The van der Waals surface area contributed by atoms with Gasteiger partial charge in [-0.2, -0.15) is 0 Å². The molecule has 0 saturated heterocycles. The Bertz CT molecular complexity index is 628. The van der Waals surface area contributed by atoms with Crippen molar-refractivity contribution in [2.24, 2.45) is 0 Å². The Balaban J connectivity index is 1.90. The molecule has 1 amide bonds. The summed E-state index contributed by atoms with van der Waals surface area (Å²) in [6.07, 6.45) is 0. The lowest BCUT2D eigenvalue weighted by Gasteiger charge is -2.07. The fraction of sp³-hybridized carbons (Fsp3) is 0.357. The minimum Gasteiger partial charge on any atom is -0.484 e. The minimum absolute atomic E-state index is 0.0913. The van der Waals surface area contributed by atoms with E-state index in [1.807, 2.05) is 32.0 Å². The second-order valence-corrected chi connectivity index (χ2v) is 5.41. The van der Waals surface area contributed by atoms with Crippen LogP contribution in [0.15, 0.2) is 27.8 Å². The molecule has 1 aromatic heterocycles. The van der Waals surface area contributed by atoms with Crippen LogP contribution < -0.4 is 10.1 Å². The van der Waals surface area contributed by atoms with Crippen LogP contribution in [0.25, 0.3) is 0 Å². The molecule has 0 aliphatic carbocycles. The molecule has 0 spiro atoms. The standard InChI is InChI=1S/C14H17N3O3S/c1-9-4-5-10(2)11(6-9)19-7-13-16-17-14(20-13)21-8-12(18)15-3/h4-6H,7-8H2,1-3H3,(H,15,18). The Morgan fingerprint density at radius 1 is 1.38 bits per heavy atom. The van der Waals surface area contributed by atoms with E-state index in [1.165, 1.54) is 11.8 Å². The summed E-state index contributed by atoms with van der Waals surface area (Å²) in [7, 11) is 1.58. The maximum absolute atomic E-state index is 11.1. The zero-order chi connectivity index (χ0) is 15.2. The first kappa shape index (κ1) is 15.4. The van der Waals surface area contributed by atoms with Gasteiger partial charge in [0.1, 0.15) is 5.75 Å². The first-order chi connectivity index (χ1) is 10.1. The van der Waals surface area contributed by atoms with Crippen LogP contribution >= 0.6 is 11.8 Å². The molecule has 0 radical (unpaired) electrons. The van der Waals surface area contributed by atoms with Gasteiger partial charge < -0.3 is 14.5 Å². The van der Waals surface area contributed by atoms with Crippen LogP contribution in [-0.2, 0) is 11.4 Å². The molecule has 0 saturated carbocycles. The van der Waals surface area contributed by atoms with Gasteiger partial charge in [0.25, 0.3) is 11.1 Å². The summed E-state index contributed by atoms with van der Waals surface area (Å²) >= 11 is 1.19. The van der Waals surface area contributed by atoms with Crippen molar-refractivity contribution in [1.29, 1.82) is 0 Å². The predicted octanol–water partition coefficient (Wildman–Crippen LogP) is 2.10. The fourth-order valence-electron chi connectivity index (χ4n) is 1.56. The Morgan fingerprint density at radius 2 is 2.19 bits per heavy atom. The van der Waals surface area contributed by atoms with E-state index < -0.39 is 0 Å². The SMILES string of the molecule is CNC(=O)CSc1nnc(COc2cc(C)ccc2C)o1. The van der Waals surface area contributed by atoms with Gasteiger partial charge in [-0.15, -0.1) is 10.2 Å². The first-order valence-electron chi connectivity index (χ1n) is 6.44. The van der Waals surface area contributed by atoms with Gasteiger partial charge in [-0.05, 0) is 31.0 Å². The molecule has 2 rings (SSSR count). The number of carbonyl (C=O) groups is 1. The number of benzene rings is 1. The number of ether oxygens (including phenoxy) is 1. The number of hydrogen-bond acceptors (Lipinski definition) is 6. The normalized spacial score (nSPS) is 10.4. The highest BCUT2D eigenvalue weighted by Crippen LogP contribution is 2.21. The number of nitrogens with one attached hydrogen (secondary N) is 1. The number of thioether (sulfide) groups is 1. The largest absolute Gasteiger partial charge is 0.484 e. The van der Waals surface area contributed by atoms with Crippen molar-refractivity contribution >= 4 is 17.7 Å². The number of rotatable bonds is 6. The summed E-state index contributed by atoms with van der Waals surface area (Å²) in [6, 6.07) is 6.00. The summed E-state index contributed by atoms with van der Waals surface area (Å²) in [5.74, 6) is 1.34. The van der Waals surface area contributed by atoms with Crippen LogP contribution in [0.1, 0.15) is 17.0 Å². The van der Waals surface area contributed by atoms with E-state index in [1.54, 1.807) is 7.05 Å². The second kappa shape index (κ2) is 7.12. The van der Waals surface area contributed by atoms with Gasteiger partial charge in [0, 0.05) is 7.05 Å². The number of amides is 1. The van der Waals surface area contributed by atoms with Gasteiger partial charge in [-0.1, -0.05) is 23.9 Å². The molecular weight excluding hydrogens is 290 g/mol. The Kier molecular flexibility index (Phi) is 5.21. The quantitative estimate of drug-likeness (QED) is 0.824. The zero-order valence-corrected chi connectivity index (χ0v) is 13.0. The molecule has 0 atom stereocenters. The van der Waals surface area contributed by atoms with Crippen molar-refractivity contribution in [3.63, 3.8) is 0 Å². The average molecular weight is 307 g/mol.